The largest absolute Gasteiger partial charge is 0.350 e. The van der Waals surface area contributed by atoms with Crippen LogP contribution in [-0.4, -0.2) is 36.5 Å². The van der Waals surface area contributed by atoms with Crippen LogP contribution < -0.4 is 10.2 Å². The molecule has 0 bridgehead atoms. The van der Waals surface area contributed by atoms with Crippen LogP contribution in [0.3, 0.4) is 0 Å². The highest BCUT2D eigenvalue weighted by molar-refractivity contribution is 6.30. The molecule has 1 aliphatic heterocycles. The van der Waals surface area contributed by atoms with Crippen molar-refractivity contribution in [3.8, 4) is 0 Å². The predicted octanol–water partition coefficient (Wildman–Crippen LogP) is 3.04. The summed E-state index contributed by atoms with van der Waals surface area (Å²) in [6.07, 6.45) is 0. The van der Waals surface area contributed by atoms with Crippen molar-refractivity contribution in [1.29, 1.82) is 0 Å². The van der Waals surface area contributed by atoms with E-state index in [-0.39, 0.29) is 30.8 Å². The molecule has 25 heavy (non-hydrogen) atoms. The summed E-state index contributed by atoms with van der Waals surface area (Å²) in [5, 5.41) is 3.24. The van der Waals surface area contributed by atoms with Gasteiger partial charge in [-0.05, 0) is 30.3 Å². The molecule has 0 spiro atoms. The summed E-state index contributed by atoms with van der Waals surface area (Å²) in [7, 11) is 0. The van der Waals surface area contributed by atoms with Gasteiger partial charge >= 0.3 is 6.03 Å². The molecular formula is C18H17ClFN3O2. The SMILES string of the molecule is O=C(CN1CCN(c2ccc(Cl)cc2)C1=O)NCc1ccccc1F. The highest BCUT2D eigenvalue weighted by atomic mass is 35.5. The number of hydrogen-bond donors (Lipinski definition) is 1. The molecule has 0 radical (unpaired) electrons. The van der Waals surface area contributed by atoms with Crippen molar-refractivity contribution in [2.24, 2.45) is 0 Å². The zero-order chi connectivity index (χ0) is 17.8. The summed E-state index contributed by atoms with van der Waals surface area (Å²) in [6.45, 7) is 0.988. The van der Waals surface area contributed by atoms with Gasteiger partial charge in [0, 0.05) is 35.9 Å². The number of nitrogens with zero attached hydrogens (tertiary/aromatic N) is 2. The Kier molecular flexibility index (Phi) is 5.19. The second kappa shape index (κ2) is 7.53. The van der Waals surface area contributed by atoms with Crippen molar-refractivity contribution in [3.63, 3.8) is 0 Å². The second-order valence-corrected chi connectivity index (χ2v) is 6.14. The van der Waals surface area contributed by atoms with Gasteiger partial charge in [-0.15, -0.1) is 0 Å². The Morgan fingerprint density at radius 2 is 1.84 bits per heavy atom. The van der Waals surface area contributed by atoms with Crippen LogP contribution >= 0.6 is 11.6 Å². The van der Waals surface area contributed by atoms with E-state index in [1.807, 2.05) is 0 Å². The van der Waals surface area contributed by atoms with Gasteiger partial charge in [0.25, 0.3) is 0 Å². The quantitative estimate of drug-likeness (QED) is 0.890. The maximum Gasteiger partial charge on any atom is 0.325 e. The number of nitrogens with one attached hydrogen (secondary N) is 1. The molecule has 2 aromatic rings. The smallest absolute Gasteiger partial charge is 0.325 e. The molecule has 0 saturated carbocycles. The van der Waals surface area contributed by atoms with Crippen molar-refractivity contribution in [1.82, 2.24) is 10.2 Å². The molecule has 0 unspecified atom stereocenters. The molecule has 3 rings (SSSR count). The lowest BCUT2D eigenvalue weighted by molar-refractivity contribution is -0.121. The van der Waals surface area contributed by atoms with Gasteiger partial charge in [0.15, 0.2) is 0 Å². The van der Waals surface area contributed by atoms with Gasteiger partial charge in [-0.2, -0.15) is 0 Å². The van der Waals surface area contributed by atoms with Gasteiger partial charge in [0.1, 0.15) is 12.4 Å². The number of amides is 3. The van der Waals surface area contributed by atoms with Crippen LogP contribution in [0, 0.1) is 5.82 Å². The van der Waals surface area contributed by atoms with E-state index < -0.39 is 0 Å². The number of carbonyl (C=O) groups is 2. The van der Waals surface area contributed by atoms with Crippen LogP contribution in [0.15, 0.2) is 48.5 Å². The predicted molar refractivity (Wildman–Crippen MR) is 94.0 cm³/mol. The molecule has 1 saturated heterocycles. The van der Waals surface area contributed by atoms with E-state index >= 15 is 0 Å². The van der Waals surface area contributed by atoms with E-state index in [1.54, 1.807) is 47.4 Å². The first-order valence-corrected chi connectivity index (χ1v) is 8.24. The Morgan fingerprint density at radius 1 is 1.12 bits per heavy atom. The third-order valence-electron chi connectivity index (χ3n) is 4.00. The van der Waals surface area contributed by atoms with E-state index in [9.17, 15) is 14.0 Å². The van der Waals surface area contributed by atoms with E-state index in [2.05, 4.69) is 5.32 Å². The van der Waals surface area contributed by atoms with Crippen LogP contribution in [0.1, 0.15) is 5.56 Å². The van der Waals surface area contributed by atoms with Crippen LogP contribution in [0.5, 0.6) is 0 Å². The second-order valence-electron chi connectivity index (χ2n) is 5.70. The number of halogens is 2. The normalized spacial score (nSPS) is 14.1. The first kappa shape index (κ1) is 17.2. The van der Waals surface area contributed by atoms with Crippen LogP contribution in [-0.2, 0) is 11.3 Å². The minimum absolute atomic E-state index is 0.0582. The van der Waals surface area contributed by atoms with Crippen molar-refractivity contribution >= 4 is 29.2 Å². The molecule has 3 amide bonds. The Labute approximate surface area is 150 Å². The molecular weight excluding hydrogens is 345 g/mol. The first-order chi connectivity index (χ1) is 12.0. The Hall–Kier alpha value is -2.60. The van der Waals surface area contributed by atoms with Gasteiger partial charge in [-0.25, -0.2) is 9.18 Å². The number of urea groups is 1. The summed E-state index contributed by atoms with van der Waals surface area (Å²) in [5.41, 5.74) is 1.15. The van der Waals surface area contributed by atoms with Gasteiger partial charge in [0.2, 0.25) is 5.91 Å². The Morgan fingerprint density at radius 3 is 2.56 bits per heavy atom. The molecule has 0 atom stereocenters. The van der Waals surface area contributed by atoms with Crippen LogP contribution in [0.2, 0.25) is 5.02 Å². The van der Waals surface area contributed by atoms with Crippen molar-refractivity contribution in [3.05, 3.63) is 64.9 Å². The van der Waals surface area contributed by atoms with Gasteiger partial charge in [0.05, 0.1) is 0 Å². The Bertz CT molecular complexity index is 782. The average molecular weight is 362 g/mol. The number of rotatable bonds is 5. The van der Waals surface area contributed by atoms with E-state index in [1.165, 1.54) is 11.0 Å². The van der Waals surface area contributed by atoms with E-state index in [4.69, 9.17) is 11.6 Å². The maximum absolute atomic E-state index is 13.5. The highest BCUT2D eigenvalue weighted by Crippen LogP contribution is 2.22. The standard InChI is InChI=1S/C18H17ClFN3O2/c19-14-5-7-15(8-6-14)23-10-9-22(18(23)25)12-17(24)21-11-13-3-1-2-4-16(13)20/h1-8H,9-12H2,(H,21,24). The fourth-order valence-electron chi connectivity index (χ4n) is 2.65. The third kappa shape index (κ3) is 4.09. The molecule has 0 aliphatic carbocycles. The zero-order valence-corrected chi connectivity index (χ0v) is 14.2. The summed E-state index contributed by atoms with van der Waals surface area (Å²) in [5.74, 6) is -0.691. The third-order valence-corrected chi connectivity index (χ3v) is 4.25. The summed E-state index contributed by atoms with van der Waals surface area (Å²) in [4.78, 5) is 27.5. The summed E-state index contributed by atoms with van der Waals surface area (Å²) >= 11 is 5.86. The summed E-state index contributed by atoms with van der Waals surface area (Å²) < 4.78 is 13.5. The Balaban J connectivity index is 1.55. The lowest BCUT2D eigenvalue weighted by Crippen LogP contribution is -2.39. The minimum Gasteiger partial charge on any atom is -0.350 e. The molecule has 130 valence electrons. The van der Waals surface area contributed by atoms with Crippen molar-refractivity contribution in [2.75, 3.05) is 24.5 Å². The van der Waals surface area contributed by atoms with Gasteiger partial charge in [-0.3, -0.25) is 9.69 Å². The van der Waals surface area contributed by atoms with Crippen molar-refractivity contribution in [2.45, 2.75) is 6.54 Å². The van der Waals surface area contributed by atoms with E-state index in [0.717, 1.165) is 5.69 Å². The number of benzene rings is 2. The first-order valence-electron chi connectivity index (χ1n) is 7.87. The molecule has 1 heterocycles. The van der Waals surface area contributed by atoms with Crippen LogP contribution in [0.25, 0.3) is 0 Å². The lowest BCUT2D eigenvalue weighted by Gasteiger charge is -2.18. The number of anilines is 1. The average Bonchev–Trinajstić information content (AvgIpc) is 2.96. The van der Waals surface area contributed by atoms with E-state index in [0.29, 0.717) is 23.7 Å². The molecule has 1 fully saturated rings. The lowest BCUT2D eigenvalue weighted by atomic mass is 10.2. The zero-order valence-electron chi connectivity index (χ0n) is 13.4. The molecule has 7 heteroatoms. The fraction of sp³-hybridized carbons (Fsp3) is 0.222. The molecule has 1 aliphatic rings. The van der Waals surface area contributed by atoms with Crippen LogP contribution in [0.4, 0.5) is 14.9 Å². The fourth-order valence-corrected chi connectivity index (χ4v) is 2.78. The topological polar surface area (TPSA) is 52.7 Å². The summed E-state index contributed by atoms with van der Waals surface area (Å²) in [6, 6.07) is 13.0. The number of hydrogen-bond acceptors (Lipinski definition) is 2. The molecule has 0 aromatic heterocycles. The molecule has 5 nitrogen and oxygen atoms in total. The van der Waals surface area contributed by atoms with Gasteiger partial charge in [-0.1, -0.05) is 29.8 Å². The monoisotopic (exact) mass is 361 g/mol. The van der Waals surface area contributed by atoms with Crippen molar-refractivity contribution < 1.29 is 14.0 Å². The van der Waals surface area contributed by atoms with Gasteiger partial charge < -0.3 is 10.2 Å². The highest BCUT2D eigenvalue weighted by Gasteiger charge is 2.30. The molecule has 1 N–H and O–H groups in total. The maximum atomic E-state index is 13.5. The molecule has 2 aromatic carbocycles. The number of carbonyl (C=O) groups excluding carboxylic acids is 2. The minimum atomic E-state index is -0.367.